The number of halogens is 1. The van der Waals surface area contributed by atoms with Crippen molar-refractivity contribution < 1.29 is 4.39 Å². The van der Waals surface area contributed by atoms with Gasteiger partial charge in [0.25, 0.3) is 0 Å². The first-order valence-corrected chi connectivity index (χ1v) is 8.24. The molecule has 2 aliphatic carbocycles. The molecule has 4 unspecified atom stereocenters. The molecule has 0 amide bonds. The minimum Gasteiger partial charge on any atom is -0.307 e. The second-order valence-electron chi connectivity index (χ2n) is 6.76. The molecule has 0 heterocycles. The lowest BCUT2D eigenvalue weighted by Gasteiger charge is -2.40. The Morgan fingerprint density at radius 1 is 1.10 bits per heavy atom. The highest BCUT2D eigenvalue weighted by Crippen LogP contribution is 2.40. The van der Waals surface area contributed by atoms with E-state index in [0.717, 1.165) is 17.4 Å². The van der Waals surface area contributed by atoms with Gasteiger partial charge in [-0.3, -0.25) is 0 Å². The van der Waals surface area contributed by atoms with Crippen LogP contribution < -0.4 is 5.32 Å². The molecule has 0 saturated heterocycles. The molecule has 3 rings (SSSR count). The average Bonchev–Trinajstić information content (AvgIpc) is 2.47. The monoisotopic (exact) mass is 275 g/mol. The number of nitrogens with one attached hydrogen (secondary N) is 1. The van der Waals surface area contributed by atoms with Crippen LogP contribution in [0.25, 0.3) is 0 Å². The molecule has 1 aromatic rings. The third kappa shape index (κ3) is 3.22. The van der Waals surface area contributed by atoms with E-state index in [1.165, 1.54) is 51.0 Å². The van der Waals surface area contributed by atoms with Gasteiger partial charge in [0.1, 0.15) is 5.82 Å². The van der Waals surface area contributed by atoms with Gasteiger partial charge >= 0.3 is 0 Å². The predicted molar refractivity (Wildman–Crippen MR) is 81.0 cm³/mol. The van der Waals surface area contributed by atoms with Crippen LogP contribution in [0.1, 0.15) is 63.5 Å². The zero-order valence-electron chi connectivity index (χ0n) is 12.4. The summed E-state index contributed by atoms with van der Waals surface area (Å²) in [7, 11) is 0. The third-order valence-electron chi connectivity index (χ3n) is 5.37. The Balaban J connectivity index is 1.58. The van der Waals surface area contributed by atoms with Crippen molar-refractivity contribution in [2.45, 2.75) is 64.0 Å². The van der Waals surface area contributed by atoms with Crippen LogP contribution in [0.15, 0.2) is 24.3 Å². The Kier molecular flexibility index (Phi) is 4.40. The molecular formula is C18H26FN. The summed E-state index contributed by atoms with van der Waals surface area (Å²) in [6, 6.07) is 7.87. The summed E-state index contributed by atoms with van der Waals surface area (Å²) < 4.78 is 13.3. The van der Waals surface area contributed by atoms with E-state index in [1.807, 2.05) is 6.07 Å². The number of benzene rings is 1. The smallest absolute Gasteiger partial charge is 0.123 e. The zero-order valence-corrected chi connectivity index (χ0v) is 12.4. The van der Waals surface area contributed by atoms with E-state index >= 15 is 0 Å². The van der Waals surface area contributed by atoms with Gasteiger partial charge in [0.15, 0.2) is 0 Å². The standard InChI is InChI=1S/C18H26FN/c1-13(15-7-4-8-17(19)11-15)20-18-10-9-14-5-2-3-6-16(14)12-18/h4,7-8,11,13-14,16,18,20H,2-3,5-6,9-10,12H2,1H3. The minimum absolute atomic E-state index is 0.132. The molecule has 20 heavy (non-hydrogen) atoms. The Labute approximate surface area is 122 Å². The molecule has 1 nitrogen and oxygen atoms in total. The zero-order chi connectivity index (χ0) is 13.9. The fraction of sp³-hybridized carbons (Fsp3) is 0.667. The van der Waals surface area contributed by atoms with E-state index in [0.29, 0.717) is 6.04 Å². The first-order chi connectivity index (χ1) is 9.72. The molecule has 4 atom stereocenters. The van der Waals surface area contributed by atoms with Crippen LogP contribution in [-0.2, 0) is 0 Å². The van der Waals surface area contributed by atoms with Gasteiger partial charge in [-0.25, -0.2) is 4.39 Å². The van der Waals surface area contributed by atoms with E-state index in [4.69, 9.17) is 0 Å². The maximum atomic E-state index is 13.3. The molecule has 2 heteroatoms. The van der Waals surface area contributed by atoms with Crippen LogP contribution in [0.5, 0.6) is 0 Å². The maximum Gasteiger partial charge on any atom is 0.123 e. The van der Waals surface area contributed by atoms with Crippen LogP contribution in [0.2, 0.25) is 0 Å². The topological polar surface area (TPSA) is 12.0 Å². The molecule has 1 aromatic carbocycles. The van der Waals surface area contributed by atoms with Crippen LogP contribution in [0.4, 0.5) is 4.39 Å². The van der Waals surface area contributed by atoms with Gasteiger partial charge in [-0.2, -0.15) is 0 Å². The van der Waals surface area contributed by atoms with Gasteiger partial charge in [0.05, 0.1) is 0 Å². The van der Waals surface area contributed by atoms with Crippen molar-refractivity contribution in [3.8, 4) is 0 Å². The highest BCUT2D eigenvalue weighted by atomic mass is 19.1. The first-order valence-electron chi connectivity index (χ1n) is 8.24. The van der Waals surface area contributed by atoms with Crippen molar-refractivity contribution in [2.24, 2.45) is 11.8 Å². The summed E-state index contributed by atoms with van der Waals surface area (Å²) in [5.41, 5.74) is 1.07. The number of hydrogen-bond donors (Lipinski definition) is 1. The fourth-order valence-electron chi connectivity index (χ4n) is 4.25. The van der Waals surface area contributed by atoms with Crippen LogP contribution in [0.3, 0.4) is 0 Å². The lowest BCUT2D eigenvalue weighted by atomic mass is 9.69. The quantitative estimate of drug-likeness (QED) is 0.832. The van der Waals surface area contributed by atoms with Gasteiger partial charge in [0, 0.05) is 12.1 Å². The van der Waals surface area contributed by atoms with Crippen molar-refractivity contribution in [3.63, 3.8) is 0 Å². The molecule has 0 aliphatic heterocycles. The van der Waals surface area contributed by atoms with Gasteiger partial charge in [-0.1, -0.05) is 37.8 Å². The van der Waals surface area contributed by atoms with Crippen molar-refractivity contribution in [2.75, 3.05) is 0 Å². The molecule has 0 spiro atoms. The molecule has 0 bridgehead atoms. The molecule has 1 N–H and O–H groups in total. The minimum atomic E-state index is -0.132. The summed E-state index contributed by atoms with van der Waals surface area (Å²) in [5, 5.41) is 3.73. The van der Waals surface area contributed by atoms with Gasteiger partial charge in [0.2, 0.25) is 0 Å². The third-order valence-corrected chi connectivity index (χ3v) is 5.37. The van der Waals surface area contributed by atoms with Gasteiger partial charge in [-0.05, 0) is 55.7 Å². The fourth-order valence-corrected chi connectivity index (χ4v) is 4.25. The molecular weight excluding hydrogens is 249 g/mol. The van der Waals surface area contributed by atoms with Crippen molar-refractivity contribution in [1.29, 1.82) is 0 Å². The largest absolute Gasteiger partial charge is 0.307 e. The molecule has 2 aliphatic rings. The lowest BCUT2D eigenvalue weighted by Crippen LogP contribution is -2.39. The van der Waals surface area contributed by atoms with E-state index in [9.17, 15) is 4.39 Å². The molecule has 0 radical (unpaired) electrons. The normalized spacial score (nSPS) is 31.6. The highest BCUT2D eigenvalue weighted by molar-refractivity contribution is 5.19. The van der Waals surface area contributed by atoms with Gasteiger partial charge in [-0.15, -0.1) is 0 Å². The van der Waals surface area contributed by atoms with E-state index in [-0.39, 0.29) is 11.9 Å². The van der Waals surface area contributed by atoms with Gasteiger partial charge < -0.3 is 5.32 Å². The summed E-state index contributed by atoms with van der Waals surface area (Å²) in [4.78, 5) is 0. The van der Waals surface area contributed by atoms with Crippen LogP contribution in [0, 0.1) is 17.7 Å². The van der Waals surface area contributed by atoms with Crippen molar-refractivity contribution >= 4 is 0 Å². The SMILES string of the molecule is CC(NC1CCC2CCCCC2C1)c1cccc(F)c1. The van der Waals surface area contributed by atoms with Crippen LogP contribution in [-0.4, -0.2) is 6.04 Å². The van der Waals surface area contributed by atoms with E-state index < -0.39 is 0 Å². The number of fused-ring (bicyclic) bond motifs is 1. The molecule has 2 saturated carbocycles. The molecule has 0 aromatic heterocycles. The number of hydrogen-bond acceptors (Lipinski definition) is 1. The lowest BCUT2D eigenvalue weighted by molar-refractivity contribution is 0.139. The van der Waals surface area contributed by atoms with E-state index in [1.54, 1.807) is 12.1 Å². The Hall–Kier alpha value is -0.890. The highest BCUT2D eigenvalue weighted by Gasteiger charge is 2.32. The summed E-state index contributed by atoms with van der Waals surface area (Å²) >= 11 is 0. The Morgan fingerprint density at radius 2 is 1.90 bits per heavy atom. The predicted octanol–water partition coefficient (Wildman–Crippen LogP) is 4.84. The second-order valence-corrected chi connectivity index (χ2v) is 6.76. The Bertz CT molecular complexity index is 445. The molecule has 110 valence electrons. The molecule has 2 fully saturated rings. The van der Waals surface area contributed by atoms with Crippen molar-refractivity contribution in [1.82, 2.24) is 5.32 Å². The summed E-state index contributed by atoms with van der Waals surface area (Å²) in [6.07, 6.45) is 9.75. The maximum absolute atomic E-state index is 13.3. The summed E-state index contributed by atoms with van der Waals surface area (Å²) in [6.45, 7) is 2.15. The number of rotatable bonds is 3. The Morgan fingerprint density at radius 3 is 2.70 bits per heavy atom. The summed E-state index contributed by atoms with van der Waals surface area (Å²) in [5.74, 6) is 1.80. The average molecular weight is 275 g/mol. The first kappa shape index (κ1) is 14.1. The second kappa shape index (κ2) is 6.26. The van der Waals surface area contributed by atoms with Crippen LogP contribution >= 0.6 is 0 Å². The van der Waals surface area contributed by atoms with E-state index in [2.05, 4.69) is 12.2 Å². The van der Waals surface area contributed by atoms with Crippen molar-refractivity contribution in [3.05, 3.63) is 35.6 Å².